The van der Waals surface area contributed by atoms with Gasteiger partial charge in [0.1, 0.15) is 0 Å². The van der Waals surface area contributed by atoms with Crippen LogP contribution in [0.5, 0.6) is 0 Å². The first kappa shape index (κ1) is 15.6. The molecule has 0 aliphatic rings. The quantitative estimate of drug-likeness (QED) is 0.752. The molecule has 0 aliphatic carbocycles. The van der Waals surface area contributed by atoms with E-state index in [9.17, 15) is 9.59 Å². The molecule has 19 heavy (non-hydrogen) atoms. The Bertz CT molecular complexity index is 433. The van der Waals surface area contributed by atoms with Crippen molar-refractivity contribution in [3.05, 3.63) is 16.1 Å². The molecule has 0 radical (unpaired) electrons. The van der Waals surface area contributed by atoms with Crippen LogP contribution in [0.3, 0.4) is 0 Å². The maximum atomic E-state index is 11.5. The van der Waals surface area contributed by atoms with Gasteiger partial charge in [0.25, 0.3) is 0 Å². The predicted octanol–water partition coefficient (Wildman–Crippen LogP) is 1.32. The lowest BCUT2D eigenvalue weighted by atomic mass is 10.2. The van der Waals surface area contributed by atoms with Crippen LogP contribution < -0.4 is 5.32 Å². The molecule has 0 spiro atoms. The second-order valence-electron chi connectivity index (χ2n) is 4.12. The SMILES string of the molecule is COC(C)CCC(=O)NCCc1nc(C(=O)O)cs1. The fourth-order valence-electron chi connectivity index (χ4n) is 1.37. The molecule has 2 N–H and O–H groups in total. The number of aromatic nitrogens is 1. The van der Waals surface area contributed by atoms with Crippen LogP contribution in [0.2, 0.25) is 0 Å². The van der Waals surface area contributed by atoms with E-state index >= 15 is 0 Å². The van der Waals surface area contributed by atoms with Gasteiger partial charge in [0.15, 0.2) is 5.69 Å². The minimum Gasteiger partial charge on any atom is -0.476 e. The van der Waals surface area contributed by atoms with Crippen molar-refractivity contribution in [2.24, 2.45) is 0 Å². The number of aromatic carboxylic acids is 1. The lowest BCUT2D eigenvalue weighted by Crippen LogP contribution is -2.26. The number of carbonyl (C=O) groups excluding carboxylic acids is 1. The van der Waals surface area contributed by atoms with Crippen LogP contribution in [-0.4, -0.2) is 41.7 Å². The first-order chi connectivity index (χ1) is 9.02. The minimum absolute atomic E-state index is 0.0288. The Balaban J connectivity index is 2.22. The maximum Gasteiger partial charge on any atom is 0.355 e. The lowest BCUT2D eigenvalue weighted by molar-refractivity contribution is -0.121. The highest BCUT2D eigenvalue weighted by Crippen LogP contribution is 2.09. The van der Waals surface area contributed by atoms with Crippen LogP contribution in [0.4, 0.5) is 0 Å². The van der Waals surface area contributed by atoms with E-state index in [0.29, 0.717) is 30.8 Å². The zero-order valence-electron chi connectivity index (χ0n) is 11.0. The third-order valence-electron chi connectivity index (χ3n) is 2.61. The number of hydrogen-bond acceptors (Lipinski definition) is 5. The maximum absolute atomic E-state index is 11.5. The van der Waals surface area contributed by atoms with E-state index in [1.807, 2.05) is 6.92 Å². The average Bonchev–Trinajstić information content (AvgIpc) is 2.85. The van der Waals surface area contributed by atoms with Gasteiger partial charge in [-0.25, -0.2) is 9.78 Å². The van der Waals surface area contributed by atoms with Crippen molar-refractivity contribution >= 4 is 23.2 Å². The van der Waals surface area contributed by atoms with Crippen molar-refractivity contribution in [2.75, 3.05) is 13.7 Å². The zero-order chi connectivity index (χ0) is 14.3. The van der Waals surface area contributed by atoms with Crippen LogP contribution in [0, 0.1) is 0 Å². The van der Waals surface area contributed by atoms with Gasteiger partial charge in [-0.05, 0) is 13.3 Å². The Labute approximate surface area is 115 Å². The number of amides is 1. The third kappa shape index (κ3) is 5.80. The van der Waals surface area contributed by atoms with Crippen LogP contribution >= 0.6 is 11.3 Å². The normalized spacial score (nSPS) is 12.1. The summed E-state index contributed by atoms with van der Waals surface area (Å²) in [5, 5.41) is 13.7. The molecule has 1 aromatic rings. The summed E-state index contributed by atoms with van der Waals surface area (Å²) in [6, 6.07) is 0. The summed E-state index contributed by atoms with van der Waals surface area (Å²) in [5.41, 5.74) is 0.0558. The van der Waals surface area contributed by atoms with Crippen LogP contribution in [-0.2, 0) is 16.0 Å². The molecule has 0 fully saturated rings. The molecule has 6 nitrogen and oxygen atoms in total. The molecule has 0 bridgehead atoms. The Hall–Kier alpha value is -1.47. The van der Waals surface area contributed by atoms with Gasteiger partial charge in [-0.1, -0.05) is 0 Å². The topological polar surface area (TPSA) is 88.5 Å². The molecule has 1 amide bonds. The molecular weight excluding hydrogens is 268 g/mol. The van der Waals surface area contributed by atoms with E-state index in [1.165, 1.54) is 16.7 Å². The number of rotatable bonds is 8. The van der Waals surface area contributed by atoms with Gasteiger partial charge in [-0.3, -0.25) is 4.79 Å². The van der Waals surface area contributed by atoms with Gasteiger partial charge in [0.2, 0.25) is 5.91 Å². The molecule has 0 aromatic carbocycles. The highest BCUT2D eigenvalue weighted by molar-refractivity contribution is 7.09. The number of carboxylic acids is 1. The molecule has 1 atom stereocenters. The number of carbonyl (C=O) groups is 2. The molecule has 0 aliphatic heterocycles. The molecule has 1 aromatic heterocycles. The molecule has 1 unspecified atom stereocenters. The largest absolute Gasteiger partial charge is 0.476 e. The van der Waals surface area contributed by atoms with E-state index in [4.69, 9.17) is 9.84 Å². The van der Waals surface area contributed by atoms with Crippen molar-refractivity contribution in [1.82, 2.24) is 10.3 Å². The van der Waals surface area contributed by atoms with Gasteiger partial charge in [0.05, 0.1) is 11.1 Å². The van der Waals surface area contributed by atoms with E-state index in [2.05, 4.69) is 10.3 Å². The smallest absolute Gasteiger partial charge is 0.355 e. The summed E-state index contributed by atoms with van der Waals surface area (Å²) in [5.74, 6) is -1.06. The number of ether oxygens (including phenoxy) is 1. The Morgan fingerprint density at radius 3 is 2.89 bits per heavy atom. The van der Waals surface area contributed by atoms with Gasteiger partial charge in [-0.15, -0.1) is 11.3 Å². The van der Waals surface area contributed by atoms with Gasteiger partial charge in [0, 0.05) is 31.9 Å². The van der Waals surface area contributed by atoms with E-state index in [1.54, 1.807) is 7.11 Å². The molecule has 0 saturated heterocycles. The number of nitrogens with zero attached hydrogens (tertiary/aromatic N) is 1. The molecule has 0 saturated carbocycles. The third-order valence-corrected chi connectivity index (χ3v) is 3.52. The highest BCUT2D eigenvalue weighted by Gasteiger charge is 2.09. The Morgan fingerprint density at radius 2 is 2.32 bits per heavy atom. The van der Waals surface area contributed by atoms with E-state index in [0.717, 1.165) is 0 Å². The summed E-state index contributed by atoms with van der Waals surface area (Å²) >= 11 is 1.29. The number of nitrogens with one attached hydrogen (secondary N) is 1. The van der Waals surface area contributed by atoms with Crippen molar-refractivity contribution < 1.29 is 19.4 Å². The second kappa shape index (κ2) is 7.85. The summed E-state index contributed by atoms with van der Waals surface area (Å²) in [6.07, 6.45) is 1.72. The average molecular weight is 286 g/mol. The second-order valence-corrected chi connectivity index (χ2v) is 5.06. The Morgan fingerprint density at radius 1 is 1.58 bits per heavy atom. The van der Waals surface area contributed by atoms with Gasteiger partial charge < -0.3 is 15.2 Å². The van der Waals surface area contributed by atoms with Crippen LogP contribution in [0.15, 0.2) is 5.38 Å². The molecule has 1 rings (SSSR count). The molecule has 106 valence electrons. The summed E-state index contributed by atoms with van der Waals surface area (Å²) < 4.78 is 5.06. The van der Waals surface area contributed by atoms with Crippen molar-refractivity contribution in [1.29, 1.82) is 0 Å². The predicted molar refractivity (Wildman–Crippen MR) is 71.5 cm³/mol. The van der Waals surface area contributed by atoms with Crippen molar-refractivity contribution in [2.45, 2.75) is 32.3 Å². The van der Waals surface area contributed by atoms with Crippen LogP contribution in [0.1, 0.15) is 35.3 Å². The molecule has 7 heteroatoms. The number of methoxy groups -OCH3 is 1. The Kier molecular flexibility index (Phi) is 6.44. The van der Waals surface area contributed by atoms with Crippen molar-refractivity contribution in [3.63, 3.8) is 0 Å². The first-order valence-corrected chi connectivity index (χ1v) is 6.88. The lowest BCUT2D eigenvalue weighted by Gasteiger charge is -2.08. The monoisotopic (exact) mass is 286 g/mol. The summed E-state index contributed by atoms with van der Waals surface area (Å²) in [4.78, 5) is 26.1. The van der Waals surface area contributed by atoms with Gasteiger partial charge >= 0.3 is 5.97 Å². The molecule has 1 heterocycles. The fraction of sp³-hybridized carbons (Fsp3) is 0.583. The fourth-order valence-corrected chi connectivity index (χ4v) is 2.15. The first-order valence-electron chi connectivity index (χ1n) is 6.00. The summed E-state index contributed by atoms with van der Waals surface area (Å²) in [7, 11) is 1.62. The number of hydrogen-bond donors (Lipinski definition) is 2. The van der Waals surface area contributed by atoms with E-state index in [-0.39, 0.29) is 17.7 Å². The molecular formula is C12H18N2O4S. The summed E-state index contributed by atoms with van der Waals surface area (Å²) in [6.45, 7) is 2.38. The number of thiazole rings is 1. The van der Waals surface area contributed by atoms with Crippen molar-refractivity contribution in [3.8, 4) is 0 Å². The highest BCUT2D eigenvalue weighted by atomic mass is 32.1. The standard InChI is InChI=1S/C12H18N2O4S/c1-8(18-2)3-4-10(15)13-6-5-11-14-9(7-19-11)12(16)17/h7-8H,3-6H2,1-2H3,(H,13,15)(H,16,17). The minimum atomic E-state index is -1.03. The van der Waals surface area contributed by atoms with Crippen LogP contribution in [0.25, 0.3) is 0 Å². The zero-order valence-corrected chi connectivity index (χ0v) is 11.8. The van der Waals surface area contributed by atoms with Gasteiger partial charge in [-0.2, -0.15) is 0 Å². The van der Waals surface area contributed by atoms with E-state index < -0.39 is 5.97 Å². The number of carboxylic acid groups (broad SMARTS) is 1.